The molecule has 1 atom stereocenters. The van der Waals surface area contributed by atoms with Crippen LogP contribution < -0.4 is 0 Å². The topological polar surface area (TPSA) is 86.3 Å². The van der Waals surface area contributed by atoms with Crippen LogP contribution >= 0.6 is 0 Å². The fourth-order valence-corrected chi connectivity index (χ4v) is 3.01. The predicted molar refractivity (Wildman–Crippen MR) is 79.5 cm³/mol. The van der Waals surface area contributed by atoms with Gasteiger partial charge in [0.25, 0.3) is 0 Å². The highest BCUT2D eigenvalue weighted by atomic mass is 19.4. The molecule has 1 aliphatic rings. The molecular weight excluding hydrogens is 339 g/mol. The van der Waals surface area contributed by atoms with E-state index in [1.165, 1.54) is 24.5 Å². The summed E-state index contributed by atoms with van der Waals surface area (Å²) in [6.45, 7) is 0.0964. The molecule has 1 aromatic heterocycles. The Labute approximate surface area is 140 Å². The Balaban J connectivity index is 1.88. The Morgan fingerprint density at radius 3 is 2.72 bits per heavy atom. The number of amides is 1. The van der Waals surface area contributed by atoms with E-state index in [4.69, 9.17) is 0 Å². The number of halogens is 3. The molecule has 1 aliphatic heterocycles. The van der Waals surface area contributed by atoms with Crippen LogP contribution in [0, 0.1) is 0 Å². The number of hydrogen-bond acceptors (Lipinski definition) is 3. The third kappa shape index (κ3) is 3.21. The SMILES string of the molecule is O=C(O)C1c2nc[nH]c2CCN1C(=O)Cc1ccccc1C(F)(F)F. The number of carboxylic acid groups (broad SMARTS) is 1. The van der Waals surface area contributed by atoms with E-state index < -0.39 is 36.1 Å². The van der Waals surface area contributed by atoms with Crippen LogP contribution in [-0.2, 0) is 28.6 Å². The van der Waals surface area contributed by atoms with Crippen molar-refractivity contribution in [3.8, 4) is 0 Å². The molecule has 3 rings (SSSR count). The third-order valence-electron chi connectivity index (χ3n) is 4.14. The standard InChI is InChI=1S/C16H14F3N3O3/c17-16(18,19)10-4-2-1-3-9(10)7-12(23)22-6-5-11-13(21-8-20-11)14(22)15(24)25/h1-4,8,14H,5-7H2,(H,20,21)(H,24,25). The van der Waals surface area contributed by atoms with Gasteiger partial charge >= 0.3 is 12.1 Å². The predicted octanol–water partition coefficient (Wildman–Crippen LogP) is 2.18. The number of hydrogen-bond donors (Lipinski definition) is 2. The summed E-state index contributed by atoms with van der Waals surface area (Å²) in [5.41, 5.74) is -0.243. The van der Waals surface area contributed by atoms with Crippen LogP contribution in [0.15, 0.2) is 30.6 Å². The van der Waals surface area contributed by atoms with Crippen LogP contribution in [0.25, 0.3) is 0 Å². The number of benzene rings is 1. The minimum Gasteiger partial charge on any atom is -0.479 e. The maximum Gasteiger partial charge on any atom is 0.416 e. The molecule has 0 bridgehead atoms. The number of H-pyrrole nitrogens is 1. The van der Waals surface area contributed by atoms with Crippen molar-refractivity contribution in [1.82, 2.24) is 14.9 Å². The average Bonchev–Trinajstić information content (AvgIpc) is 3.01. The van der Waals surface area contributed by atoms with Crippen LogP contribution in [0.1, 0.15) is 28.6 Å². The molecule has 9 heteroatoms. The van der Waals surface area contributed by atoms with Crippen molar-refractivity contribution in [2.24, 2.45) is 0 Å². The van der Waals surface area contributed by atoms with Gasteiger partial charge in [-0.25, -0.2) is 9.78 Å². The first-order valence-corrected chi connectivity index (χ1v) is 7.48. The maximum atomic E-state index is 13.1. The molecule has 0 spiro atoms. The first kappa shape index (κ1) is 17.0. The minimum atomic E-state index is -4.58. The van der Waals surface area contributed by atoms with E-state index in [9.17, 15) is 27.9 Å². The molecule has 1 amide bonds. The van der Waals surface area contributed by atoms with Crippen molar-refractivity contribution >= 4 is 11.9 Å². The third-order valence-corrected chi connectivity index (χ3v) is 4.14. The zero-order valence-electron chi connectivity index (χ0n) is 12.9. The lowest BCUT2D eigenvalue weighted by Gasteiger charge is -2.32. The molecule has 2 aromatic rings. The zero-order chi connectivity index (χ0) is 18.2. The Hall–Kier alpha value is -2.84. The number of aromatic nitrogens is 2. The summed E-state index contributed by atoms with van der Waals surface area (Å²) in [6.07, 6.45) is -3.40. The summed E-state index contributed by atoms with van der Waals surface area (Å²) in [5, 5.41) is 9.44. The number of nitrogens with zero attached hydrogens (tertiary/aromatic N) is 2. The van der Waals surface area contributed by atoms with Gasteiger partial charge in [-0.15, -0.1) is 0 Å². The lowest BCUT2D eigenvalue weighted by atomic mass is 9.99. The van der Waals surface area contributed by atoms with Gasteiger partial charge < -0.3 is 15.0 Å². The van der Waals surface area contributed by atoms with Gasteiger partial charge in [0.05, 0.1) is 24.0 Å². The smallest absolute Gasteiger partial charge is 0.416 e. The largest absolute Gasteiger partial charge is 0.479 e. The molecule has 1 aromatic carbocycles. The Morgan fingerprint density at radius 2 is 2.04 bits per heavy atom. The first-order chi connectivity index (χ1) is 11.8. The molecule has 132 valence electrons. The Kier molecular flexibility index (Phi) is 4.23. The molecule has 6 nitrogen and oxygen atoms in total. The highest BCUT2D eigenvalue weighted by molar-refractivity contribution is 5.86. The van der Waals surface area contributed by atoms with Crippen LogP contribution in [0.4, 0.5) is 13.2 Å². The van der Waals surface area contributed by atoms with Gasteiger partial charge in [0, 0.05) is 18.7 Å². The van der Waals surface area contributed by atoms with Gasteiger partial charge in [0.2, 0.25) is 5.91 Å². The quantitative estimate of drug-likeness (QED) is 0.886. The van der Waals surface area contributed by atoms with E-state index >= 15 is 0 Å². The highest BCUT2D eigenvalue weighted by Gasteiger charge is 2.39. The number of carbonyl (C=O) groups is 2. The second-order valence-electron chi connectivity index (χ2n) is 5.68. The van der Waals surface area contributed by atoms with E-state index in [0.717, 1.165) is 11.0 Å². The molecule has 0 aliphatic carbocycles. The van der Waals surface area contributed by atoms with E-state index in [1.54, 1.807) is 0 Å². The number of nitrogens with one attached hydrogen (secondary N) is 1. The summed E-state index contributed by atoms with van der Waals surface area (Å²) in [5.74, 6) is -1.96. The van der Waals surface area contributed by atoms with E-state index in [1.807, 2.05) is 0 Å². The van der Waals surface area contributed by atoms with Crippen molar-refractivity contribution < 1.29 is 27.9 Å². The number of aromatic amines is 1. The van der Waals surface area contributed by atoms with E-state index in [-0.39, 0.29) is 17.8 Å². The van der Waals surface area contributed by atoms with Gasteiger partial charge in [0.1, 0.15) is 0 Å². The van der Waals surface area contributed by atoms with E-state index in [0.29, 0.717) is 12.1 Å². The summed E-state index contributed by atoms with van der Waals surface area (Å²) in [6, 6.07) is 3.47. The second kappa shape index (κ2) is 6.23. The van der Waals surface area contributed by atoms with Gasteiger partial charge in [-0.1, -0.05) is 18.2 Å². The summed E-state index contributed by atoms with van der Waals surface area (Å²) >= 11 is 0. The fourth-order valence-electron chi connectivity index (χ4n) is 3.01. The normalized spacial score (nSPS) is 17.2. The number of carbonyl (C=O) groups excluding carboxylic acids is 1. The van der Waals surface area contributed by atoms with Crippen LogP contribution in [-0.4, -0.2) is 38.4 Å². The summed E-state index contributed by atoms with van der Waals surface area (Å²) < 4.78 is 39.2. The molecular formula is C16H14F3N3O3. The van der Waals surface area contributed by atoms with Crippen molar-refractivity contribution in [3.63, 3.8) is 0 Å². The molecule has 0 radical (unpaired) electrons. The lowest BCUT2D eigenvalue weighted by Crippen LogP contribution is -2.44. The monoisotopic (exact) mass is 353 g/mol. The van der Waals surface area contributed by atoms with Crippen LogP contribution in [0.5, 0.6) is 0 Å². The summed E-state index contributed by atoms with van der Waals surface area (Å²) in [4.78, 5) is 32.0. The second-order valence-corrected chi connectivity index (χ2v) is 5.68. The highest BCUT2D eigenvalue weighted by Crippen LogP contribution is 2.33. The number of imidazole rings is 1. The van der Waals surface area contributed by atoms with Crippen molar-refractivity contribution in [2.75, 3.05) is 6.54 Å². The number of fused-ring (bicyclic) bond motifs is 1. The van der Waals surface area contributed by atoms with Crippen LogP contribution in [0.2, 0.25) is 0 Å². The van der Waals surface area contributed by atoms with Crippen molar-refractivity contribution in [1.29, 1.82) is 0 Å². The van der Waals surface area contributed by atoms with Crippen molar-refractivity contribution in [3.05, 3.63) is 53.1 Å². The van der Waals surface area contributed by atoms with Gasteiger partial charge in [-0.2, -0.15) is 13.2 Å². The first-order valence-electron chi connectivity index (χ1n) is 7.48. The molecule has 0 saturated carbocycles. The molecule has 25 heavy (non-hydrogen) atoms. The maximum absolute atomic E-state index is 13.1. The molecule has 2 heterocycles. The number of carboxylic acids is 1. The number of rotatable bonds is 3. The van der Waals surface area contributed by atoms with Gasteiger partial charge in [0.15, 0.2) is 6.04 Å². The van der Waals surface area contributed by atoms with Crippen LogP contribution in [0.3, 0.4) is 0 Å². The number of aliphatic carboxylic acids is 1. The molecule has 0 fully saturated rings. The van der Waals surface area contributed by atoms with Gasteiger partial charge in [-0.3, -0.25) is 4.79 Å². The zero-order valence-corrected chi connectivity index (χ0v) is 12.9. The van der Waals surface area contributed by atoms with Gasteiger partial charge in [-0.05, 0) is 11.6 Å². The summed E-state index contributed by atoms with van der Waals surface area (Å²) in [7, 11) is 0. The minimum absolute atomic E-state index is 0.0964. The molecule has 1 unspecified atom stereocenters. The fraction of sp³-hybridized carbons (Fsp3) is 0.312. The molecule has 2 N–H and O–H groups in total. The molecule has 0 saturated heterocycles. The average molecular weight is 353 g/mol. The van der Waals surface area contributed by atoms with Crippen molar-refractivity contribution in [2.45, 2.75) is 25.1 Å². The van der Waals surface area contributed by atoms with E-state index in [2.05, 4.69) is 9.97 Å². The lowest BCUT2D eigenvalue weighted by molar-refractivity contribution is -0.151. The Bertz CT molecular complexity index is 816. The number of alkyl halides is 3. The Morgan fingerprint density at radius 1 is 1.32 bits per heavy atom.